The van der Waals surface area contributed by atoms with Crippen LogP contribution in [0.25, 0.3) is 0 Å². The van der Waals surface area contributed by atoms with Gasteiger partial charge in [-0.25, -0.2) is 0 Å². The first kappa shape index (κ1) is 15.7. The molecule has 0 amide bonds. The van der Waals surface area contributed by atoms with Crippen molar-refractivity contribution < 1.29 is 18.9 Å². The van der Waals surface area contributed by atoms with Gasteiger partial charge in [0, 0.05) is 22.7 Å². The molecule has 0 N–H and O–H groups in total. The van der Waals surface area contributed by atoms with Gasteiger partial charge in [0.05, 0.1) is 25.9 Å². The smallest absolute Gasteiger partial charge is 0.189 e. The molecule has 2 fully saturated rings. The van der Waals surface area contributed by atoms with Crippen molar-refractivity contribution in [1.29, 1.82) is 0 Å². The number of nitrogens with zero attached hydrogens (tertiary/aromatic N) is 1. The maximum Gasteiger partial charge on any atom is 0.189 e. The van der Waals surface area contributed by atoms with Crippen LogP contribution < -0.4 is 4.74 Å². The van der Waals surface area contributed by atoms with E-state index in [2.05, 4.69) is 4.90 Å². The van der Waals surface area contributed by atoms with Gasteiger partial charge in [-0.05, 0) is 31.5 Å². The number of likely N-dealkylation sites (tertiary alicyclic amines) is 1. The molecular formula is C17H22ClNO4. The fourth-order valence-electron chi connectivity index (χ4n) is 3.71. The zero-order chi connectivity index (χ0) is 15.6. The Bertz CT molecular complexity index is 562. The maximum atomic E-state index is 6.28. The molecule has 6 heteroatoms. The van der Waals surface area contributed by atoms with E-state index in [0.29, 0.717) is 32.7 Å². The van der Waals surface area contributed by atoms with Crippen molar-refractivity contribution in [3.05, 3.63) is 28.3 Å². The molecule has 0 spiro atoms. The zero-order valence-electron chi connectivity index (χ0n) is 13.1. The van der Waals surface area contributed by atoms with Crippen molar-refractivity contribution in [2.75, 3.05) is 26.6 Å². The fraction of sp³-hybridized carbons (Fsp3) is 0.647. The Balaban J connectivity index is 1.57. The summed E-state index contributed by atoms with van der Waals surface area (Å²) >= 11 is 6.28. The normalized spacial score (nSPS) is 26.0. The highest BCUT2D eigenvalue weighted by molar-refractivity contribution is 6.30. The lowest BCUT2D eigenvalue weighted by Gasteiger charge is -2.38. The van der Waals surface area contributed by atoms with Gasteiger partial charge < -0.3 is 18.9 Å². The van der Waals surface area contributed by atoms with Crippen LogP contribution in [0.3, 0.4) is 0 Å². The molecule has 0 saturated carbocycles. The number of hydrogen-bond donors (Lipinski definition) is 0. The molecule has 0 radical (unpaired) electrons. The Morgan fingerprint density at radius 3 is 2.91 bits per heavy atom. The van der Waals surface area contributed by atoms with Gasteiger partial charge in [-0.3, -0.25) is 4.90 Å². The molecule has 3 heterocycles. The van der Waals surface area contributed by atoms with Crippen LogP contribution in [-0.4, -0.2) is 43.8 Å². The summed E-state index contributed by atoms with van der Waals surface area (Å²) in [7, 11) is 0. The lowest BCUT2D eigenvalue weighted by atomic mass is 9.99. The highest BCUT2D eigenvalue weighted by Gasteiger charge is 2.34. The molecule has 4 rings (SSSR count). The molecule has 1 aromatic carbocycles. The van der Waals surface area contributed by atoms with Crippen LogP contribution in [0.5, 0.6) is 5.75 Å². The van der Waals surface area contributed by atoms with Gasteiger partial charge in [0.25, 0.3) is 0 Å². The summed E-state index contributed by atoms with van der Waals surface area (Å²) in [4.78, 5) is 2.45. The van der Waals surface area contributed by atoms with Crippen LogP contribution in [-0.2, 0) is 27.4 Å². The molecule has 1 atom stereocenters. The Morgan fingerprint density at radius 2 is 2.04 bits per heavy atom. The van der Waals surface area contributed by atoms with Crippen molar-refractivity contribution in [3.8, 4) is 5.75 Å². The van der Waals surface area contributed by atoms with Gasteiger partial charge in [0.15, 0.2) is 13.1 Å². The Morgan fingerprint density at radius 1 is 1.17 bits per heavy atom. The summed E-state index contributed by atoms with van der Waals surface area (Å²) in [5.41, 5.74) is 2.15. The van der Waals surface area contributed by atoms with Gasteiger partial charge in [-0.1, -0.05) is 18.0 Å². The summed E-state index contributed by atoms with van der Waals surface area (Å²) in [6, 6.07) is 4.24. The minimum absolute atomic E-state index is 0.102. The standard InChI is InChI=1S/C17H22ClNO4/c18-14-7-12(16-13(8-14)10-20-11-23-16)9-19-4-2-1-3-15(19)17-21-5-6-22-17/h7-8,15,17H,1-6,9-11H2/t15-/m0/s1. The van der Waals surface area contributed by atoms with E-state index < -0.39 is 0 Å². The topological polar surface area (TPSA) is 40.2 Å². The molecule has 3 aliphatic heterocycles. The number of benzene rings is 1. The Labute approximate surface area is 141 Å². The predicted octanol–water partition coefficient (Wildman–Crippen LogP) is 2.93. The second-order valence-corrected chi connectivity index (χ2v) is 6.74. The number of halogens is 1. The van der Waals surface area contributed by atoms with Gasteiger partial charge in [0.1, 0.15) is 5.75 Å². The monoisotopic (exact) mass is 339 g/mol. The van der Waals surface area contributed by atoms with Crippen molar-refractivity contribution in [3.63, 3.8) is 0 Å². The second kappa shape index (κ2) is 6.95. The zero-order valence-corrected chi connectivity index (χ0v) is 13.9. The van der Waals surface area contributed by atoms with Gasteiger partial charge >= 0.3 is 0 Å². The fourth-order valence-corrected chi connectivity index (χ4v) is 3.98. The summed E-state index contributed by atoms with van der Waals surface area (Å²) < 4.78 is 22.6. The van der Waals surface area contributed by atoms with E-state index in [0.717, 1.165) is 41.4 Å². The molecule has 2 saturated heterocycles. The molecule has 0 aromatic heterocycles. The van der Waals surface area contributed by atoms with Crippen molar-refractivity contribution in [2.45, 2.75) is 44.7 Å². The maximum absolute atomic E-state index is 6.28. The summed E-state index contributed by atoms with van der Waals surface area (Å²) in [5.74, 6) is 0.929. The molecular weight excluding hydrogens is 318 g/mol. The minimum Gasteiger partial charge on any atom is -0.467 e. The van der Waals surface area contributed by atoms with E-state index in [1.165, 1.54) is 12.8 Å². The lowest BCUT2D eigenvalue weighted by molar-refractivity contribution is -0.111. The number of hydrogen-bond acceptors (Lipinski definition) is 5. The molecule has 126 valence electrons. The highest BCUT2D eigenvalue weighted by atomic mass is 35.5. The summed E-state index contributed by atoms with van der Waals surface area (Å²) in [6.45, 7) is 4.10. The first-order valence-corrected chi connectivity index (χ1v) is 8.68. The van der Waals surface area contributed by atoms with E-state index >= 15 is 0 Å². The first-order chi connectivity index (χ1) is 11.3. The lowest BCUT2D eigenvalue weighted by Crippen LogP contribution is -2.46. The number of ether oxygens (including phenoxy) is 4. The van der Waals surface area contributed by atoms with Crippen molar-refractivity contribution in [1.82, 2.24) is 4.90 Å². The molecule has 0 unspecified atom stereocenters. The Kier molecular flexibility index (Phi) is 4.73. The molecule has 1 aromatic rings. The van der Waals surface area contributed by atoms with Crippen LogP contribution in [0.15, 0.2) is 12.1 Å². The molecule has 0 bridgehead atoms. The third-order valence-corrected chi connectivity index (χ3v) is 4.97. The van der Waals surface area contributed by atoms with Crippen molar-refractivity contribution >= 4 is 11.6 Å². The molecule has 3 aliphatic rings. The third kappa shape index (κ3) is 3.35. The largest absolute Gasteiger partial charge is 0.467 e. The van der Waals surface area contributed by atoms with Crippen LogP contribution in [0.2, 0.25) is 5.02 Å². The van der Waals surface area contributed by atoms with Crippen LogP contribution in [0.1, 0.15) is 30.4 Å². The third-order valence-electron chi connectivity index (χ3n) is 4.75. The van der Waals surface area contributed by atoms with Gasteiger partial charge in [-0.2, -0.15) is 0 Å². The molecule has 0 aliphatic carbocycles. The SMILES string of the molecule is Clc1cc2c(c(CN3CCCC[C@H]3C3OCCO3)c1)OCOC2. The average molecular weight is 340 g/mol. The van der Waals surface area contributed by atoms with Crippen LogP contribution in [0, 0.1) is 0 Å². The first-order valence-electron chi connectivity index (χ1n) is 8.30. The van der Waals surface area contributed by atoms with E-state index in [-0.39, 0.29) is 6.29 Å². The minimum atomic E-state index is -0.102. The van der Waals surface area contributed by atoms with E-state index in [9.17, 15) is 0 Å². The predicted molar refractivity (Wildman–Crippen MR) is 85.5 cm³/mol. The quantitative estimate of drug-likeness (QED) is 0.846. The Hall–Kier alpha value is -0.850. The summed E-state index contributed by atoms with van der Waals surface area (Å²) in [6.07, 6.45) is 3.44. The van der Waals surface area contributed by atoms with E-state index in [1.807, 2.05) is 12.1 Å². The molecule has 5 nitrogen and oxygen atoms in total. The number of piperidine rings is 1. The second-order valence-electron chi connectivity index (χ2n) is 6.31. The number of rotatable bonds is 3. The van der Waals surface area contributed by atoms with Gasteiger partial charge in [-0.15, -0.1) is 0 Å². The van der Waals surface area contributed by atoms with Crippen LogP contribution in [0.4, 0.5) is 0 Å². The highest BCUT2D eigenvalue weighted by Crippen LogP contribution is 2.34. The van der Waals surface area contributed by atoms with E-state index in [1.54, 1.807) is 0 Å². The number of fused-ring (bicyclic) bond motifs is 1. The van der Waals surface area contributed by atoms with Crippen molar-refractivity contribution in [2.24, 2.45) is 0 Å². The van der Waals surface area contributed by atoms with E-state index in [4.69, 9.17) is 30.5 Å². The van der Waals surface area contributed by atoms with Crippen LogP contribution >= 0.6 is 11.6 Å². The average Bonchev–Trinajstić information content (AvgIpc) is 3.09. The summed E-state index contributed by atoms with van der Waals surface area (Å²) in [5, 5.41) is 0.731. The molecule has 23 heavy (non-hydrogen) atoms. The van der Waals surface area contributed by atoms with Gasteiger partial charge in [0.2, 0.25) is 0 Å².